The van der Waals surface area contributed by atoms with Gasteiger partial charge in [0.2, 0.25) is 5.88 Å². The van der Waals surface area contributed by atoms with Gasteiger partial charge >= 0.3 is 5.97 Å². The Morgan fingerprint density at radius 1 is 1.47 bits per heavy atom. The molecule has 0 spiro atoms. The highest BCUT2D eigenvalue weighted by atomic mass is 79.9. The Morgan fingerprint density at radius 2 is 2.24 bits per heavy atom. The Bertz CT molecular complexity index is 583. The standard InChI is InChI=1S/C12H10BrNO3/c1-2-17-12(16)9-5-7-3-4-8(13)6-10(7)14-11(9)15/h3-6H,2H2,1H3,(H,14,15). The number of esters is 1. The Labute approximate surface area is 106 Å². The van der Waals surface area contributed by atoms with Crippen LogP contribution in [0.1, 0.15) is 17.3 Å². The summed E-state index contributed by atoms with van der Waals surface area (Å²) in [6.45, 7) is 1.97. The Balaban J connectivity index is 2.55. The van der Waals surface area contributed by atoms with Crippen LogP contribution in [0, 0.1) is 0 Å². The summed E-state index contributed by atoms with van der Waals surface area (Å²) >= 11 is 3.32. The number of aromatic hydroxyl groups is 1. The van der Waals surface area contributed by atoms with Crippen molar-refractivity contribution in [3.8, 4) is 5.88 Å². The van der Waals surface area contributed by atoms with Gasteiger partial charge in [-0.15, -0.1) is 0 Å². The molecule has 0 radical (unpaired) electrons. The largest absolute Gasteiger partial charge is 0.493 e. The van der Waals surface area contributed by atoms with Crippen LogP contribution in [-0.4, -0.2) is 22.7 Å². The number of fused-ring (bicyclic) bond motifs is 1. The SMILES string of the molecule is CCOC(=O)c1cc2ccc(Br)cc2nc1O. The molecule has 0 atom stereocenters. The molecule has 0 unspecified atom stereocenters. The highest BCUT2D eigenvalue weighted by Crippen LogP contribution is 2.24. The first-order valence-electron chi connectivity index (χ1n) is 5.08. The van der Waals surface area contributed by atoms with Crippen molar-refractivity contribution in [2.45, 2.75) is 6.92 Å². The first-order valence-corrected chi connectivity index (χ1v) is 5.87. The number of nitrogens with zero attached hydrogens (tertiary/aromatic N) is 1. The lowest BCUT2D eigenvalue weighted by atomic mass is 10.1. The summed E-state index contributed by atoms with van der Waals surface area (Å²) in [4.78, 5) is 15.5. The normalized spacial score (nSPS) is 10.5. The summed E-state index contributed by atoms with van der Waals surface area (Å²) in [5, 5.41) is 10.4. The maximum Gasteiger partial charge on any atom is 0.343 e. The number of carbonyl (C=O) groups is 1. The van der Waals surface area contributed by atoms with Crippen molar-refractivity contribution in [2.75, 3.05) is 6.61 Å². The van der Waals surface area contributed by atoms with E-state index >= 15 is 0 Å². The van der Waals surface area contributed by atoms with Crippen molar-refractivity contribution < 1.29 is 14.6 Å². The molecule has 1 heterocycles. The van der Waals surface area contributed by atoms with E-state index in [1.54, 1.807) is 19.1 Å². The van der Waals surface area contributed by atoms with Crippen LogP contribution in [-0.2, 0) is 4.74 Å². The number of ether oxygens (including phenoxy) is 1. The van der Waals surface area contributed by atoms with E-state index in [1.807, 2.05) is 12.1 Å². The van der Waals surface area contributed by atoms with Crippen molar-refractivity contribution in [2.24, 2.45) is 0 Å². The van der Waals surface area contributed by atoms with E-state index in [2.05, 4.69) is 20.9 Å². The number of carbonyl (C=O) groups excluding carboxylic acids is 1. The zero-order valence-corrected chi connectivity index (χ0v) is 10.7. The Hall–Kier alpha value is -1.62. The van der Waals surface area contributed by atoms with Gasteiger partial charge in [0.1, 0.15) is 5.56 Å². The number of rotatable bonds is 2. The fourth-order valence-electron chi connectivity index (χ4n) is 1.49. The summed E-state index contributed by atoms with van der Waals surface area (Å²) in [5.41, 5.74) is 0.701. The van der Waals surface area contributed by atoms with Gasteiger partial charge in [-0.05, 0) is 25.1 Å². The van der Waals surface area contributed by atoms with Crippen LogP contribution in [0.25, 0.3) is 10.9 Å². The van der Waals surface area contributed by atoms with Gasteiger partial charge in [0.05, 0.1) is 12.1 Å². The predicted molar refractivity (Wildman–Crippen MR) is 67.1 cm³/mol. The molecule has 0 saturated carbocycles. The second-order valence-electron chi connectivity index (χ2n) is 3.42. The van der Waals surface area contributed by atoms with Crippen LogP contribution < -0.4 is 0 Å². The zero-order chi connectivity index (χ0) is 12.4. The number of pyridine rings is 1. The van der Waals surface area contributed by atoms with Crippen LogP contribution >= 0.6 is 15.9 Å². The van der Waals surface area contributed by atoms with Crippen LogP contribution in [0.3, 0.4) is 0 Å². The van der Waals surface area contributed by atoms with Crippen LogP contribution in [0.15, 0.2) is 28.7 Å². The highest BCUT2D eigenvalue weighted by Gasteiger charge is 2.14. The van der Waals surface area contributed by atoms with Gasteiger partial charge in [-0.3, -0.25) is 0 Å². The third-order valence-corrected chi connectivity index (χ3v) is 2.75. The molecule has 0 fully saturated rings. The average Bonchev–Trinajstić information content (AvgIpc) is 2.28. The van der Waals surface area contributed by atoms with E-state index in [0.717, 1.165) is 9.86 Å². The molecule has 2 rings (SSSR count). The topological polar surface area (TPSA) is 59.4 Å². The lowest BCUT2D eigenvalue weighted by Crippen LogP contribution is -2.05. The third kappa shape index (κ3) is 2.39. The quantitative estimate of drug-likeness (QED) is 0.866. The van der Waals surface area contributed by atoms with Crippen LogP contribution in [0.5, 0.6) is 5.88 Å². The van der Waals surface area contributed by atoms with Crippen molar-refractivity contribution in [3.05, 3.63) is 34.3 Å². The monoisotopic (exact) mass is 295 g/mol. The molecule has 0 saturated heterocycles. The minimum absolute atomic E-state index is 0.0849. The summed E-state index contributed by atoms with van der Waals surface area (Å²) < 4.78 is 5.70. The molecule has 1 aromatic carbocycles. The lowest BCUT2D eigenvalue weighted by Gasteiger charge is -2.05. The van der Waals surface area contributed by atoms with E-state index in [0.29, 0.717) is 5.52 Å². The maximum absolute atomic E-state index is 11.5. The Kier molecular flexibility index (Phi) is 3.28. The molecule has 88 valence electrons. The smallest absolute Gasteiger partial charge is 0.343 e. The molecule has 0 amide bonds. The second-order valence-corrected chi connectivity index (χ2v) is 4.33. The third-order valence-electron chi connectivity index (χ3n) is 2.25. The fourth-order valence-corrected chi connectivity index (χ4v) is 1.84. The van der Waals surface area contributed by atoms with E-state index in [1.165, 1.54) is 0 Å². The van der Waals surface area contributed by atoms with Crippen LogP contribution in [0.2, 0.25) is 0 Å². The first kappa shape index (κ1) is 11.9. The molecular weight excluding hydrogens is 286 g/mol. The Morgan fingerprint density at radius 3 is 2.94 bits per heavy atom. The minimum Gasteiger partial charge on any atom is -0.493 e. The first-order chi connectivity index (χ1) is 8.11. The van der Waals surface area contributed by atoms with Crippen molar-refractivity contribution in [1.82, 2.24) is 4.98 Å². The molecule has 4 nitrogen and oxygen atoms in total. The second kappa shape index (κ2) is 4.71. The summed E-state index contributed by atoms with van der Waals surface area (Å²) in [7, 11) is 0. The average molecular weight is 296 g/mol. The molecule has 0 aliphatic carbocycles. The van der Waals surface area contributed by atoms with Crippen molar-refractivity contribution in [3.63, 3.8) is 0 Å². The van der Waals surface area contributed by atoms with Gasteiger partial charge in [-0.1, -0.05) is 22.0 Å². The highest BCUT2D eigenvalue weighted by molar-refractivity contribution is 9.10. The zero-order valence-electron chi connectivity index (χ0n) is 9.11. The van der Waals surface area contributed by atoms with E-state index < -0.39 is 5.97 Å². The van der Waals surface area contributed by atoms with Gasteiger partial charge in [0, 0.05) is 9.86 Å². The van der Waals surface area contributed by atoms with Crippen LogP contribution in [0.4, 0.5) is 0 Å². The minimum atomic E-state index is -0.567. The number of benzene rings is 1. The van der Waals surface area contributed by atoms with Gasteiger partial charge in [-0.2, -0.15) is 0 Å². The molecule has 17 heavy (non-hydrogen) atoms. The predicted octanol–water partition coefficient (Wildman–Crippen LogP) is 2.88. The number of aromatic nitrogens is 1. The molecular formula is C12H10BrNO3. The van der Waals surface area contributed by atoms with E-state index in [9.17, 15) is 9.90 Å². The van der Waals surface area contributed by atoms with E-state index in [4.69, 9.17) is 4.74 Å². The lowest BCUT2D eigenvalue weighted by molar-refractivity contribution is 0.0522. The fraction of sp³-hybridized carbons (Fsp3) is 0.167. The molecule has 2 aromatic rings. The van der Waals surface area contributed by atoms with Crippen molar-refractivity contribution in [1.29, 1.82) is 0 Å². The summed E-state index contributed by atoms with van der Waals surface area (Å²) in [6.07, 6.45) is 0. The number of hydrogen-bond acceptors (Lipinski definition) is 4. The summed E-state index contributed by atoms with van der Waals surface area (Å²) in [6, 6.07) is 7.00. The van der Waals surface area contributed by atoms with E-state index in [-0.39, 0.29) is 18.1 Å². The number of halogens is 1. The maximum atomic E-state index is 11.5. The summed E-state index contributed by atoms with van der Waals surface area (Å²) in [5.74, 6) is -0.878. The van der Waals surface area contributed by atoms with Gasteiger partial charge < -0.3 is 9.84 Å². The molecule has 0 aliphatic heterocycles. The van der Waals surface area contributed by atoms with Gasteiger partial charge in [-0.25, -0.2) is 9.78 Å². The molecule has 1 aromatic heterocycles. The molecule has 0 bridgehead atoms. The molecule has 0 aliphatic rings. The van der Waals surface area contributed by atoms with Gasteiger partial charge in [0.25, 0.3) is 0 Å². The van der Waals surface area contributed by atoms with Crippen molar-refractivity contribution >= 4 is 32.8 Å². The number of hydrogen-bond donors (Lipinski definition) is 1. The van der Waals surface area contributed by atoms with Gasteiger partial charge in [0.15, 0.2) is 0 Å². The molecule has 1 N–H and O–H groups in total. The molecule has 5 heteroatoms.